The summed E-state index contributed by atoms with van der Waals surface area (Å²) in [7, 11) is -4.40. The minimum Gasteiger partial charge on any atom is -0.444 e. The third kappa shape index (κ3) is 8.48. The molecule has 1 aliphatic rings. The van der Waals surface area contributed by atoms with E-state index in [1.54, 1.807) is 20.8 Å². The van der Waals surface area contributed by atoms with Gasteiger partial charge in [-0.05, 0) is 51.7 Å². The van der Waals surface area contributed by atoms with Crippen molar-refractivity contribution < 1.29 is 32.8 Å². The normalized spacial score (nSPS) is 16.2. The number of nitro groups is 1. The van der Waals surface area contributed by atoms with Crippen LogP contribution in [0.5, 0.6) is 0 Å². The van der Waals surface area contributed by atoms with Gasteiger partial charge in [0.2, 0.25) is 0 Å². The van der Waals surface area contributed by atoms with Crippen molar-refractivity contribution in [1.82, 2.24) is 9.79 Å². The largest absolute Gasteiger partial charge is 0.444 e. The summed E-state index contributed by atoms with van der Waals surface area (Å²) in [6.07, 6.45) is 0.655. The minimum absolute atomic E-state index is 0.190. The molecule has 12 heteroatoms. The molecule has 0 spiro atoms. The number of ether oxygens (including phenoxy) is 1. The molecule has 1 amide bonds. The van der Waals surface area contributed by atoms with Gasteiger partial charge in [-0.15, -0.1) is 0 Å². The average molecular weight is 550 g/mol. The number of aliphatic hydroxyl groups excluding tert-OH is 1. The Bertz CT molecular complexity index is 1190. The molecule has 38 heavy (non-hydrogen) atoms. The van der Waals surface area contributed by atoms with E-state index in [1.165, 1.54) is 18.2 Å². The summed E-state index contributed by atoms with van der Waals surface area (Å²) in [6, 6.07) is 12.8. The zero-order valence-corrected chi connectivity index (χ0v) is 22.6. The lowest BCUT2D eigenvalue weighted by atomic mass is 10.0. The predicted molar refractivity (Wildman–Crippen MR) is 140 cm³/mol. The Morgan fingerprint density at radius 1 is 1.16 bits per heavy atom. The Morgan fingerprint density at radius 3 is 2.42 bits per heavy atom. The summed E-state index contributed by atoms with van der Waals surface area (Å²) in [5, 5.41) is 25.2. The first-order valence-corrected chi connectivity index (χ1v) is 13.9. The highest BCUT2D eigenvalue weighted by Gasteiger charge is 2.35. The number of rotatable bonds is 11. The van der Waals surface area contributed by atoms with Gasteiger partial charge >= 0.3 is 6.09 Å². The monoisotopic (exact) mass is 549 g/mol. The van der Waals surface area contributed by atoms with Gasteiger partial charge < -0.3 is 15.2 Å². The number of hydroxylamine groups is 1. The molecule has 0 bridgehead atoms. The van der Waals surface area contributed by atoms with Crippen LogP contribution in [0.2, 0.25) is 0 Å². The Kier molecular flexibility index (Phi) is 9.82. The second-order valence-electron chi connectivity index (χ2n) is 10.3. The zero-order chi connectivity index (χ0) is 27.9. The summed E-state index contributed by atoms with van der Waals surface area (Å²) in [4.78, 5) is 28.7. The highest BCUT2D eigenvalue weighted by Crippen LogP contribution is 2.27. The molecule has 3 rings (SSSR count). The van der Waals surface area contributed by atoms with Crippen molar-refractivity contribution in [2.75, 3.05) is 6.54 Å². The number of nitro benzene ring substituents is 1. The van der Waals surface area contributed by atoms with Crippen molar-refractivity contribution in [1.29, 1.82) is 0 Å². The molecule has 2 N–H and O–H groups in total. The van der Waals surface area contributed by atoms with Crippen LogP contribution < -0.4 is 5.32 Å². The van der Waals surface area contributed by atoms with Crippen molar-refractivity contribution in [3.8, 4) is 0 Å². The first kappa shape index (κ1) is 29.5. The molecule has 2 aromatic rings. The van der Waals surface area contributed by atoms with E-state index in [9.17, 15) is 28.4 Å². The number of hydrogen-bond donors (Lipinski definition) is 2. The van der Waals surface area contributed by atoms with Crippen LogP contribution in [0.1, 0.15) is 52.0 Å². The molecule has 0 radical (unpaired) electrons. The molecule has 0 aliphatic heterocycles. The van der Waals surface area contributed by atoms with Crippen LogP contribution in [0.15, 0.2) is 59.5 Å². The maximum absolute atomic E-state index is 13.6. The number of carbonyl (C=O) groups excluding carboxylic acids is 1. The van der Waals surface area contributed by atoms with Gasteiger partial charge in [0, 0.05) is 12.1 Å². The molecule has 0 heterocycles. The fourth-order valence-electron chi connectivity index (χ4n) is 4.12. The van der Waals surface area contributed by atoms with Gasteiger partial charge in [0.15, 0.2) is 0 Å². The van der Waals surface area contributed by atoms with Crippen molar-refractivity contribution >= 4 is 21.8 Å². The van der Waals surface area contributed by atoms with E-state index in [0.29, 0.717) is 17.3 Å². The van der Waals surface area contributed by atoms with Crippen molar-refractivity contribution in [3.63, 3.8) is 0 Å². The zero-order valence-electron chi connectivity index (χ0n) is 21.8. The van der Waals surface area contributed by atoms with Crippen LogP contribution in [0.3, 0.4) is 0 Å². The van der Waals surface area contributed by atoms with E-state index in [0.717, 1.165) is 24.5 Å². The van der Waals surface area contributed by atoms with Crippen molar-refractivity contribution in [2.45, 2.75) is 81.6 Å². The molecule has 2 aromatic carbocycles. The summed E-state index contributed by atoms with van der Waals surface area (Å²) >= 11 is 0. The fourth-order valence-corrected chi connectivity index (χ4v) is 5.46. The minimum atomic E-state index is -4.40. The van der Waals surface area contributed by atoms with Gasteiger partial charge in [-0.2, -0.15) is 0 Å². The number of hydrogen-bond acceptors (Lipinski definition) is 8. The lowest BCUT2D eigenvalue weighted by molar-refractivity contribution is -0.385. The van der Waals surface area contributed by atoms with Gasteiger partial charge in [-0.1, -0.05) is 53.7 Å². The van der Waals surface area contributed by atoms with Crippen molar-refractivity contribution in [3.05, 3.63) is 70.3 Å². The van der Waals surface area contributed by atoms with Crippen LogP contribution in [0, 0.1) is 10.1 Å². The molecular formula is C26H35N3O8S. The first-order chi connectivity index (χ1) is 17.8. The molecular weight excluding hydrogens is 514 g/mol. The average Bonchev–Trinajstić information content (AvgIpc) is 3.36. The maximum atomic E-state index is 13.6. The number of sulfonamides is 1. The van der Waals surface area contributed by atoms with E-state index < -0.39 is 45.3 Å². The van der Waals surface area contributed by atoms with Gasteiger partial charge in [0.05, 0.1) is 34.6 Å². The number of amides is 1. The fraction of sp³-hybridized carbons (Fsp3) is 0.500. The molecule has 0 saturated heterocycles. The molecule has 11 nitrogen and oxygen atoms in total. The molecule has 2 atom stereocenters. The third-order valence-electron chi connectivity index (χ3n) is 5.96. The van der Waals surface area contributed by atoms with Crippen LogP contribution in [0.25, 0.3) is 0 Å². The second kappa shape index (κ2) is 12.7. The van der Waals surface area contributed by atoms with Gasteiger partial charge in [-0.25, -0.2) is 13.2 Å². The molecule has 1 unspecified atom stereocenters. The topological polar surface area (TPSA) is 148 Å². The van der Waals surface area contributed by atoms with Gasteiger partial charge in [0.25, 0.3) is 15.7 Å². The summed E-state index contributed by atoms with van der Waals surface area (Å²) in [6.45, 7) is 4.60. The number of benzene rings is 2. The van der Waals surface area contributed by atoms with Gasteiger partial charge in [-0.3, -0.25) is 15.0 Å². The first-order valence-electron chi connectivity index (χ1n) is 12.5. The maximum Gasteiger partial charge on any atom is 0.407 e. The van der Waals surface area contributed by atoms with E-state index in [-0.39, 0.29) is 23.1 Å². The number of aliphatic hydroxyl groups is 1. The highest BCUT2D eigenvalue weighted by molar-refractivity contribution is 7.89. The second-order valence-corrected chi connectivity index (χ2v) is 12.1. The summed E-state index contributed by atoms with van der Waals surface area (Å²) < 4.78 is 33.2. The highest BCUT2D eigenvalue weighted by atomic mass is 32.2. The number of nitrogens with one attached hydrogen (secondary N) is 1. The number of alkyl carbamates (subject to hydrolysis) is 1. The summed E-state index contributed by atoms with van der Waals surface area (Å²) in [5.74, 6) is 0. The standard InChI is InChI=1S/C26H35N3O8S/c1-26(2,3)36-25(31)27-23(16-19-10-5-4-6-11-19)24(30)18-28(37-21-13-7-8-14-21)38(34,35)22-15-9-12-20(17-22)29(32)33/h4-6,9-12,15,17,21,23-24,30H,7-8,13-14,16,18H2,1-3H3,(H,27,31)/t23-,24?/m0/s1. The van der Waals surface area contributed by atoms with Crippen molar-refractivity contribution in [2.24, 2.45) is 0 Å². The Labute approximate surface area is 222 Å². The number of nitrogens with zero attached hydrogens (tertiary/aromatic N) is 2. The van der Waals surface area contributed by atoms with Crippen LogP contribution in [-0.4, -0.2) is 59.4 Å². The van der Waals surface area contributed by atoms with E-state index in [1.807, 2.05) is 30.3 Å². The quantitative estimate of drug-likeness (QED) is 0.316. The Balaban J connectivity index is 1.89. The molecule has 1 saturated carbocycles. The Hall–Kier alpha value is -3.06. The number of non-ortho nitro benzene ring substituents is 1. The molecule has 1 fully saturated rings. The van der Waals surface area contributed by atoms with Crippen LogP contribution in [-0.2, 0) is 26.0 Å². The van der Waals surface area contributed by atoms with E-state index in [2.05, 4.69) is 5.32 Å². The molecule has 208 valence electrons. The number of carbonyl (C=O) groups is 1. The Morgan fingerprint density at radius 2 is 1.82 bits per heavy atom. The van der Waals surface area contributed by atoms with Crippen LogP contribution in [0.4, 0.5) is 10.5 Å². The predicted octanol–water partition coefficient (Wildman–Crippen LogP) is 3.96. The molecule has 1 aliphatic carbocycles. The molecule has 0 aromatic heterocycles. The van der Waals surface area contributed by atoms with Crippen LogP contribution >= 0.6 is 0 Å². The van der Waals surface area contributed by atoms with E-state index in [4.69, 9.17) is 9.57 Å². The smallest absolute Gasteiger partial charge is 0.407 e. The van der Waals surface area contributed by atoms with E-state index >= 15 is 0 Å². The third-order valence-corrected chi connectivity index (χ3v) is 7.59. The lowest BCUT2D eigenvalue weighted by Gasteiger charge is -2.31. The SMILES string of the molecule is CC(C)(C)OC(=O)N[C@@H](Cc1ccccc1)C(O)CN(OC1CCCC1)S(=O)(=O)c1cccc([N+](=O)[O-])c1. The summed E-state index contributed by atoms with van der Waals surface area (Å²) in [5.41, 5.74) is -0.367. The van der Waals surface area contributed by atoms with Gasteiger partial charge in [0.1, 0.15) is 5.60 Å². The lowest BCUT2D eigenvalue weighted by Crippen LogP contribution is -2.51.